The van der Waals surface area contributed by atoms with Crippen molar-refractivity contribution in [1.82, 2.24) is 0 Å². The van der Waals surface area contributed by atoms with E-state index in [1.54, 1.807) is 0 Å². The normalized spacial score (nSPS) is 11.3. The van der Waals surface area contributed by atoms with Gasteiger partial charge in [0.2, 0.25) is 0 Å². The van der Waals surface area contributed by atoms with Gasteiger partial charge in [-0.15, -0.1) is 12.6 Å². The van der Waals surface area contributed by atoms with E-state index in [-0.39, 0.29) is 0 Å². The van der Waals surface area contributed by atoms with Gasteiger partial charge < -0.3 is 0 Å². The van der Waals surface area contributed by atoms with Gasteiger partial charge in [-0.05, 0) is 39.4 Å². The molecule has 4 aromatic carbocycles. The summed E-state index contributed by atoms with van der Waals surface area (Å²) in [6.45, 7) is 0. The van der Waals surface area contributed by atoms with E-state index in [9.17, 15) is 0 Å². The van der Waals surface area contributed by atoms with Crippen molar-refractivity contribution in [3.05, 3.63) is 125 Å². The van der Waals surface area contributed by atoms with Crippen molar-refractivity contribution in [2.45, 2.75) is 4.90 Å². The summed E-state index contributed by atoms with van der Waals surface area (Å²) >= 11 is 4.50. The second kappa shape index (κ2) is 9.27. The fourth-order valence-electron chi connectivity index (χ4n) is 3.14. The van der Waals surface area contributed by atoms with Crippen LogP contribution in [-0.2, 0) is 0 Å². The van der Waals surface area contributed by atoms with Gasteiger partial charge in [-0.1, -0.05) is 121 Å². The van der Waals surface area contributed by atoms with E-state index >= 15 is 0 Å². The van der Waals surface area contributed by atoms with Crippen LogP contribution in [0.25, 0.3) is 35.4 Å². The molecule has 1 heteroatoms. The maximum absolute atomic E-state index is 4.50. The molecule has 0 aliphatic carbocycles. The van der Waals surface area contributed by atoms with Gasteiger partial charge >= 0.3 is 0 Å². The summed E-state index contributed by atoms with van der Waals surface area (Å²) in [6.07, 6.45) is 8.51. The first-order valence-electron chi connectivity index (χ1n) is 9.68. The predicted octanol–water partition coefficient (Wildman–Crippen LogP) is 7.98. The lowest BCUT2D eigenvalue weighted by Crippen LogP contribution is -1.80. The van der Waals surface area contributed by atoms with Crippen LogP contribution in [0.5, 0.6) is 0 Å². The lowest BCUT2D eigenvalue weighted by Gasteiger charge is -2.04. The van der Waals surface area contributed by atoms with E-state index < -0.39 is 0 Å². The lowest BCUT2D eigenvalue weighted by molar-refractivity contribution is 1.44. The molecule has 0 aliphatic rings. The molecule has 0 nitrogen and oxygen atoms in total. The van der Waals surface area contributed by atoms with Crippen LogP contribution >= 0.6 is 12.6 Å². The van der Waals surface area contributed by atoms with Crippen molar-refractivity contribution in [1.29, 1.82) is 0 Å². The Morgan fingerprint density at radius 3 is 1.41 bits per heavy atom. The van der Waals surface area contributed by atoms with E-state index in [2.05, 4.69) is 116 Å². The third-order valence-electron chi connectivity index (χ3n) is 4.81. The fourth-order valence-corrected chi connectivity index (χ4v) is 3.38. The molecule has 0 radical (unpaired) electrons. The summed E-state index contributed by atoms with van der Waals surface area (Å²) in [5.74, 6) is 0. The minimum atomic E-state index is 0.988. The molecule has 0 saturated heterocycles. The molecule has 0 unspecified atom stereocenters. The molecular formula is C28H22S. The zero-order chi connectivity index (χ0) is 19.9. The molecule has 0 saturated carbocycles. The third-order valence-corrected chi connectivity index (χ3v) is 5.22. The van der Waals surface area contributed by atoms with Crippen LogP contribution in [0.2, 0.25) is 0 Å². The summed E-state index contributed by atoms with van der Waals surface area (Å²) in [7, 11) is 0. The Hall–Kier alpha value is -3.29. The van der Waals surface area contributed by atoms with E-state index in [0.717, 1.165) is 10.5 Å². The van der Waals surface area contributed by atoms with E-state index in [0.29, 0.717) is 0 Å². The molecule has 0 fully saturated rings. The largest absolute Gasteiger partial charge is 0.143 e. The molecule has 0 aromatic heterocycles. The third kappa shape index (κ3) is 5.16. The van der Waals surface area contributed by atoms with Crippen LogP contribution in [0.4, 0.5) is 0 Å². The quantitative estimate of drug-likeness (QED) is 0.259. The molecule has 4 rings (SSSR count). The average molecular weight is 391 g/mol. The highest BCUT2D eigenvalue weighted by Gasteiger charge is 1.98. The molecule has 29 heavy (non-hydrogen) atoms. The standard InChI is InChI=1S/C28H22S/c29-28-9-5-4-8-27(28)21-16-24-14-19-26(20-15-24)25-17-12-23(13-18-25)11-10-22-6-2-1-3-7-22/h1-21,29H/b11-10+,21-16+. The molecular weight excluding hydrogens is 368 g/mol. The van der Waals surface area contributed by atoms with Gasteiger partial charge in [0.05, 0.1) is 0 Å². The van der Waals surface area contributed by atoms with Gasteiger partial charge in [-0.3, -0.25) is 0 Å². The SMILES string of the molecule is Sc1ccccc1/C=C/c1ccc(-c2ccc(/C=C/c3ccccc3)cc2)cc1. The maximum atomic E-state index is 4.50. The number of rotatable bonds is 5. The first-order valence-corrected chi connectivity index (χ1v) is 10.1. The topological polar surface area (TPSA) is 0 Å². The summed E-state index contributed by atoms with van der Waals surface area (Å²) in [4.78, 5) is 0.988. The highest BCUT2D eigenvalue weighted by Crippen LogP contribution is 2.22. The molecule has 0 amide bonds. The summed E-state index contributed by atoms with van der Waals surface area (Å²) in [5.41, 5.74) is 7.14. The average Bonchev–Trinajstić information content (AvgIpc) is 2.79. The van der Waals surface area contributed by atoms with Crippen LogP contribution in [0.1, 0.15) is 22.3 Å². The highest BCUT2D eigenvalue weighted by atomic mass is 32.1. The zero-order valence-electron chi connectivity index (χ0n) is 16.1. The summed E-state index contributed by atoms with van der Waals surface area (Å²) in [6, 6.07) is 35.8. The Morgan fingerprint density at radius 2 is 0.862 bits per heavy atom. The molecule has 0 heterocycles. The van der Waals surface area contributed by atoms with Crippen molar-refractivity contribution in [2.75, 3.05) is 0 Å². The number of thiol groups is 1. The van der Waals surface area contributed by atoms with Crippen molar-refractivity contribution in [3.8, 4) is 11.1 Å². The van der Waals surface area contributed by atoms with Crippen LogP contribution < -0.4 is 0 Å². The van der Waals surface area contributed by atoms with E-state index in [4.69, 9.17) is 0 Å². The number of benzene rings is 4. The van der Waals surface area contributed by atoms with Crippen LogP contribution in [-0.4, -0.2) is 0 Å². The molecule has 0 spiro atoms. The minimum Gasteiger partial charge on any atom is -0.143 e. The van der Waals surface area contributed by atoms with Crippen molar-refractivity contribution >= 4 is 36.9 Å². The number of hydrogen-bond donors (Lipinski definition) is 1. The molecule has 0 atom stereocenters. The fraction of sp³-hybridized carbons (Fsp3) is 0. The summed E-state index contributed by atoms with van der Waals surface area (Å²) < 4.78 is 0. The number of hydrogen-bond acceptors (Lipinski definition) is 1. The first kappa shape index (κ1) is 19.0. The van der Waals surface area contributed by atoms with Gasteiger partial charge in [-0.25, -0.2) is 0 Å². The Morgan fingerprint density at radius 1 is 0.414 bits per heavy atom. The molecule has 140 valence electrons. The van der Waals surface area contributed by atoms with Crippen molar-refractivity contribution < 1.29 is 0 Å². The van der Waals surface area contributed by atoms with E-state index in [1.165, 1.54) is 27.8 Å². The van der Waals surface area contributed by atoms with Gasteiger partial charge in [0, 0.05) is 4.90 Å². The lowest BCUT2D eigenvalue weighted by atomic mass is 10.0. The highest BCUT2D eigenvalue weighted by molar-refractivity contribution is 7.80. The zero-order valence-corrected chi connectivity index (χ0v) is 17.0. The predicted molar refractivity (Wildman–Crippen MR) is 130 cm³/mol. The Labute approximate surface area is 178 Å². The molecule has 0 bridgehead atoms. The van der Waals surface area contributed by atoms with E-state index in [1.807, 2.05) is 24.3 Å². The Kier molecular flexibility index (Phi) is 6.09. The van der Waals surface area contributed by atoms with Gasteiger partial charge in [-0.2, -0.15) is 0 Å². The Bertz CT molecular complexity index is 1120. The van der Waals surface area contributed by atoms with Crippen molar-refractivity contribution in [2.24, 2.45) is 0 Å². The van der Waals surface area contributed by atoms with Crippen molar-refractivity contribution in [3.63, 3.8) is 0 Å². The molecule has 4 aromatic rings. The molecule has 0 aliphatic heterocycles. The van der Waals surface area contributed by atoms with Crippen LogP contribution in [0, 0.1) is 0 Å². The molecule has 0 N–H and O–H groups in total. The van der Waals surface area contributed by atoms with Gasteiger partial charge in [0.25, 0.3) is 0 Å². The Balaban J connectivity index is 1.45. The van der Waals surface area contributed by atoms with Gasteiger partial charge in [0.1, 0.15) is 0 Å². The first-order chi connectivity index (χ1) is 14.3. The summed E-state index contributed by atoms with van der Waals surface area (Å²) in [5, 5.41) is 0. The van der Waals surface area contributed by atoms with Crippen LogP contribution in [0.15, 0.2) is 108 Å². The second-order valence-electron chi connectivity index (χ2n) is 6.88. The van der Waals surface area contributed by atoms with Crippen LogP contribution in [0.3, 0.4) is 0 Å². The maximum Gasteiger partial charge on any atom is 0.0113 e. The smallest absolute Gasteiger partial charge is 0.0113 e. The monoisotopic (exact) mass is 390 g/mol. The second-order valence-corrected chi connectivity index (χ2v) is 7.36. The van der Waals surface area contributed by atoms with Gasteiger partial charge in [0.15, 0.2) is 0 Å². The minimum absolute atomic E-state index is 0.988.